The number of amides is 1. The van der Waals surface area contributed by atoms with E-state index in [1.807, 2.05) is 6.92 Å². The van der Waals surface area contributed by atoms with Crippen LogP contribution in [0.25, 0.3) is 10.4 Å². The Balaban J connectivity index is 1.25. The van der Waals surface area contributed by atoms with Crippen LogP contribution in [0, 0.1) is 29.6 Å². The van der Waals surface area contributed by atoms with E-state index in [1.165, 1.54) is 24.1 Å². The van der Waals surface area contributed by atoms with Crippen molar-refractivity contribution >= 4 is 49.4 Å². The van der Waals surface area contributed by atoms with Gasteiger partial charge in [0.25, 0.3) is 0 Å². The number of aliphatic hydroxyl groups is 1. The number of carbonyl (C=O) groups is 3. The summed E-state index contributed by atoms with van der Waals surface area (Å²) in [4.78, 5) is 46.8. The molecule has 2 saturated carbocycles. The van der Waals surface area contributed by atoms with E-state index in [-0.39, 0.29) is 46.3 Å². The summed E-state index contributed by atoms with van der Waals surface area (Å²) >= 11 is 1.16. The van der Waals surface area contributed by atoms with Gasteiger partial charge in [-0.05, 0) is 44.4 Å². The van der Waals surface area contributed by atoms with Crippen LogP contribution in [0.15, 0.2) is 23.2 Å². The van der Waals surface area contributed by atoms with Crippen molar-refractivity contribution in [3.8, 4) is 0 Å². The first-order valence-corrected chi connectivity index (χ1v) is 18.5. The third-order valence-corrected chi connectivity index (χ3v) is 12.4. The summed E-state index contributed by atoms with van der Waals surface area (Å²) in [7, 11) is -3.60. The lowest BCUT2D eigenvalue weighted by Gasteiger charge is -2.46. The van der Waals surface area contributed by atoms with Crippen molar-refractivity contribution in [1.82, 2.24) is 14.3 Å². The predicted octanol–water partition coefficient (Wildman–Crippen LogP) is 4.19. The number of esters is 2. The molecule has 11 nitrogen and oxygen atoms in total. The number of fused-ring (bicyclic) bond motifs is 2. The number of rotatable bonds is 9. The van der Waals surface area contributed by atoms with Gasteiger partial charge in [0, 0.05) is 23.9 Å². The van der Waals surface area contributed by atoms with E-state index in [9.17, 15) is 27.9 Å². The molecule has 2 aromatic heterocycles. The van der Waals surface area contributed by atoms with Crippen molar-refractivity contribution < 1.29 is 37.4 Å². The van der Waals surface area contributed by atoms with Crippen LogP contribution in [-0.2, 0) is 33.7 Å². The summed E-state index contributed by atoms with van der Waals surface area (Å²) in [6.07, 6.45) is 14.1. The SMILES string of the molecule is C[C@@H](O)[C@H]1C(=O)N2C(C(=O)OCOC(=O)C(C3CCCCC3)C3CCCCC3)=C(c3cn4cnc(S(C)(=O)=O)c4s3)[C@H](C)[C@H]12. The van der Waals surface area contributed by atoms with Gasteiger partial charge in [-0.25, -0.2) is 18.2 Å². The fourth-order valence-corrected chi connectivity index (χ4v) is 10.5. The average molecular weight is 648 g/mol. The molecule has 1 amide bonds. The third kappa shape index (κ3) is 5.49. The van der Waals surface area contributed by atoms with Crippen molar-refractivity contribution in [2.45, 2.75) is 95.2 Å². The van der Waals surface area contributed by atoms with Crippen LogP contribution in [0.2, 0.25) is 0 Å². The van der Waals surface area contributed by atoms with E-state index in [0.29, 0.717) is 15.3 Å². The second-order valence-corrected chi connectivity index (χ2v) is 15.9. The summed E-state index contributed by atoms with van der Waals surface area (Å²) < 4.78 is 37.4. The standard InChI is InChI=1S/C31H41N3O8S2/c1-17-22(21-14-33-15-32-27(29(33)43-21)44(3,39)40)26(34-25(17)23(18(2)35)28(34)36)31(38)42-16-41-30(37)24(19-10-6-4-7-11-19)20-12-8-5-9-13-20/h14-15,17-20,23-25,35H,4-13,16H2,1-3H3/t17-,18+,23+,25+/m0/s1. The topological polar surface area (TPSA) is 145 Å². The first-order valence-electron chi connectivity index (χ1n) is 15.7. The van der Waals surface area contributed by atoms with Gasteiger partial charge < -0.3 is 19.5 Å². The number of nitrogens with zero attached hydrogens (tertiary/aromatic N) is 3. The molecular formula is C31H41N3O8S2. The molecule has 13 heteroatoms. The van der Waals surface area contributed by atoms with Crippen molar-refractivity contribution in [1.29, 1.82) is 0 Å². The maximum absolute atomic E-state index is 13.7. The maximum atomic E-state index is 13.7. The van der Waals surface area contributed by atoms with Crippen molar-refractivity contribution in [2.24, 2.45) is 29.6 Å². The highest BCUT2D eigenvalue weighted by Crippen LogP contribution is 2.52. The molecule has 1 N–H and O–H groups in total. The Morgan fingerprint density at radius 1 is 1.07 bits per heavy atom. The quantitative estimate of drug-likeness (QED) is 0.241. The van der Waals surface area contributed by atoms with E-state index in [1.54, 1.807) is 17.5 Å². The Hall–Kier alpha value is -2.77. The Morgan fingerprint density at radius 2 is 1.68 bits per heavy atom. The van der Waals surface area contributed by atoms with Crippen LogP contribution in [0.1, 0.15) is 82.9 Å². The van der Waals surface area contributed by atoms with Gasteiger partial charge in [-0.3, -0.25) is 14.0 Å². The fraction of sp³-hybridized carbons (Fsp3) is 0.677. The molecule has 0 spiro atoms. The number of carbonyl (C=O) groups excluding carboxylic acids is 3. The maximum Gasteiger partial charge on any atom is 0.358 e. The van der Waals surface area contributed by atoms with Crippen LogP contribution in [0.5, 0.6) is 0 Å². The number of aliphatic hydroxyl groups excluding tert-OH is 1. The normalized spacial score (nSPS) is 25.8. The molecular weight excluding hydrogens is 606 g/mol. The van der Waals surface area contributed by atoms with Gasteiger partial charge in [-0.1, -0.05) is 45.4 Å². The molecule has 0 unspecified atom stereocenters. The minimum Gasteiger partial charge on any atom is -0.428 e. The zero-order valence-electron chi connectivity index (χ0n) is 25.4. The number of thiazole rings is 1. The molecule has 4 aliphatic rings. The van der Waals surface area contributed by atoms with Crippen LogP contribution in [-0.4, -0.2) is 70.8 Å². The highest BCUT2D eigenvalue weighted by molar-refractivity contribution is 7.91. The second kappa shape index (κ2) is 12.2. The molecule has 4 atom stereocenters. The third-order valence-electron chi connectivity index (χ3n) is 10.1. The lowest BCUT2D eigenvalue weighted by molar-refractivity contribution is -0.176. The molecule has 240 valence electrons. The van der Waals surface area contributed by atoms with Crippen LogP contribution < -0.4 is 0 Å². The largest absolute Gasteiger partial charge is 0.428 e. The number of ether oxygens (including phenoxy) is 2. The summed E-state index contributed by atoms with van der Waals surface area (Å²) in [6.45, 7) is 2.87. The zero-order valence-corrected chi connectivity index (χ0v) is 27.1. The molecule has 1 saturated heterocycles. The van der Waals surface area contributed by atoms with Crippen molar-refractivity contribution in [3.63, 3.8) is 0 Å². The highest BCUT2D eigenvalue weighted by Gasteiger charge is 2.60. The minimum atomic E-state index is -3.60. The van der Waals surface area contributed by atoms with Gasteiger partial charge in [0.15, 0.2) is 14.9 Å². The van der Waals surface area contributed by atoms with Gasteiger partial charge >= 0.3 is 11.9 Å². The van der Waals surface area contributed by atoms with E-state index >= 15 is 0 Å². The van der Waals surface area contributed by atoms with Gasteiger partial charge in [0.2, 0.25) is 12.7 Å². The predicted molar refractivity (Wildman–Crippen MR) is 162 cm³/mol. The van der Waals surface area contributed by atoms with Crippen molar-refractivity contribution in [3.05, 3.63) is 23.1 Å². The van der Waals surface area contributed by atoms with E-state index < -0.39 is 40.7 Å². The fourth-order valence-electron chi connectivity index (χ4n) is 8.10. The van der Waals surface area contributed by atoms with E-state index in [2.05, 4.69) is 4.98 Å². The van der Waals surface area contributed by atoms with Gasteiger partial charge in [0.1, 0.15) is 16.9 Å². The monoisotopic (exact) mass is 647 g/mol. The smallest absolute Gasteiger partial charge is 0.358 e. The summed E-state index contributed by atoms with van der Waals surface area (Å²) in [6, 6.07) is -0.460. The van der Waals surface area contributed by atoms with E-state index in [4.69, 9.17) is 9.47 Å². The first-order chi connectivity index (χ1) is 21.0. The number of sulfone groups is 1. The Kier molecular flexibility index (Phi) is 8.66. The molecule has 3 fully saturated rings. The molecule has 2 aliphatic heterocycles. The van der Waals surface area contributed by atoms with Gasteiger partial charge in [-0.2, -0.15) is 0 Å². The molecule has 44 heavy (non-hydrogen) atoms. The first kappa shape index (κ1) is 31.2. The van der Waals surface area contributed by atoms with E-state index in [0.717, 1.165) is 69.0 Å². The molecule has 0 aromatic carbocycles. The number of hydrogen-bond donors (Lipinski definition) is 1. The second-order valence-electron chi connectivity index (χ2n) is 13.0. The number of hydrogen-bond acceptors (Lipinski definition) is 10. The molecule has 6 rings (SSSR count). The average Bonchev–Trinajstić information content (AvgIpc) is 3.63. The van der Waals surface area contributed by atoms with Gasteiger partial charge in [0.05, 0.1) is 28.9 Å². The molecule has 2 aliphatic carbocycles. The Labute approximate surface area is 261 Å². The van der Waals surface area contributed by atoms with Crippen LogP contribution in [0.3, 0.4) is 0 Å². The number of β-lactam (4-membered cyclic amide) rings is 1. The lowest BCUT2D eigenvalue weighted by atomic mass is 9.69. The molecule has 0 radical (unpaired) electrons. The highest BCUT2D eigenvalue weighted by atomic mass is 32.2. The van der Waals surface area contributed by atoms with Crippen molar-refractivity contribution in [2.75, 3.05) is 13.0 Å². The summed E-state index contributed by atoms with van der Waals surface area (Å²) in [5, 5.41) is 10.3. The molecule has 4 heterocycles. The summed E-state index contributed by atoms with van der Waals surface area (Å²) in [5.41, 5.74) is 0.563. The van der Waals surface area contributed by atoms with Gasteiger partial charge in [-0.15, -0.1) is 11.3 Å². The Bertz CT molecular complexity index is 1560. The minimum absolute atomic E-state index is 0.0370. The number of imidazole rings is 1. The number of aromatic nitrogens is 2. The molecule has 2 aromatic rings. The Morgan fingerprint density at radius 3 is 2.25 bits per heavy atom. The zero-order chi connectivity index (χ0) is 31.3. The van der Waals surface area contributed by atoms with Crippen LogP contribution in [0.4, 0.5) is 0 Å². The van der Waals surface area contributed by atoms with Crippen LogP contribution >= 0.6 is 11.3 Å². The molecule has 0 bridgehead atoms. The summed E-state index contributed by atoms with van der Waals surface area (Å²) in [5.74, 6) is -2.16. The lowest BCUT2D eigenvalue weighted by Crippen LogP contribution is -2.63.